The Morgan fingerprint density at radius 3 is 2.15 bits per heavy atom. The van der Waals surface area contributed by atoms with Gasteiger partial charge in [-0.2, -0.15) is 13.8 Å². The Morgan fingerprint density at radius 1 is 1.00 bits per heavy atom. The van der Waals surface area contributed by atoms with Gasteiger partial charge in [0.1, 0.15) is 11.6 Å². The maximum absolute atomic E-state index is 13.6. The van der Waals surface area contributed by atoms with Crippen molar-refractivity contribution in [3.05, 3.63) is 58.9 Å². The minimum absolute atomic E-state index is 0.259. The molecule has 0 radical (unpaired) electrons. The van der Waals surface area contributed by atoms with Crippen LogP contribution in [0.3, 0.4) is 0 Å². The number of pyridine rings is 1. The Balaban J connectivity index is 2.13. The molecule has 7 nitrogen and oxygen atoms in total. The maximum Gasteiger partial charge on any atom is 0.253 e. The van der Waals surface area contributed by atoms with E-state index < -0.39 is 53.0 Å². The molecule has 0 saturated heterocycles. The summed E-state index contributed by atoms with van der Waals surface area (Å²) in [7, 11) is 0. The SMILES string of the molecule is C[C@H](N)C(=O)NC(CCCCN)C(=O)Nc1ccc(C#Cc2c(F)c(F)nc(F)c2F)cc1. The van der Waals surface area contributed by atoms with Crippen LogP contribution in [0, 0.1) is 35.4 Å². The summed E-state index contributed by atoms with van der Waals surface area (Å²) in [5.41, 5.74) is 10.6. The average molecular weight is 465 g/mol. The molecule has 2 aromatic rings. The number of halogens is 4. The summed E-state index contributed by atoms with van der Waals surface area (Å²) in [5, 5.41) is 5.23. The van der Waals surface area contributed by atoms with E-state index in [4.69, 9.17) is 11.5 Å². The van der Waals surface area contributed by atoms with Crippen LogP contribution in [-0.2, 0) is 9.59 Å². The van der Waals surface area contributed by atoms with Gasteiger partial charge >= 0.3 is 0 Å². The van der Waals surface area contributed by atoms with Gasteiger partial charge in [-0.1, -0.05) is 11.8 Å². The second kappa shape index (κ2) is 11.9. The van der Waals surface area contributed by atoms with Crippen molar-refractivity contribution in [2.45, 2.75) is 38.3 Å². The Morgan fingerprint density at radius 2 is 1.61 bits per heavy atom. The highest BCUT2D eigenvalue weighted by Gasteiger charge is 2.22. The number of anilines is 1. The van der Waals surface area contributed by atoms with Gasteiger partial charge in [0.2, 0.25) is 11.8 Å². The number of nitrogens with zero attached hydrogens (tertiary/aromatic N) is 1. The lowest BCUT2D eigenvalue weighted by atomic mass is 10.1. The largest absolute Gasteiger partial charge is 0.343 e. The minimum atomic E-state index is -1.80. The van der Waals surface area contributed by atoms with Gasteiger partial charge in [0.15, 0.2) is 11.6 Å². The van der Waals surface area contributed by atoms with Gasteiger partial charge in [-0.15, -0.1) is 0 Å². The predicted octanol–water partition coefficient (Wildman–Crippen LogP) is 1.94. The molecule has 1 heterocycles. The number of unbranched alkanes of at least 4 members (excludes halogenated alkanes) is 1. The summed E-state index contributed by atoms with van der Waals surface area (Å²) >= 11 is 0. The van der Waals surface area contributed by atoms with Crippen LogP contribution in [0.2, 0.25) is 0 Å². The van der Waals surface area contributed by atoms with Crippen LogP contribution in [-0.4, -0.2) is 35.4 Å². The van der Waals surface area contributed by atoms with Gasteiger partial charge < -0.3 is 22.1 Å². The molecule has 2 rings (SSSR count). The van der Waals surface area contributed by atoms with Gasteiger partial charge in [0.25, 0.3) is 11.9 Å². The number of aromatic nitrogens is 1. The number of carbonyl (C=O) groups is 2. The molecule has 1 aromatic heterocycles. The molecule has 1 aromatic carbocycles. The highest BCUT2D eigenvalue weighted by Crippen LogP contribution is 2.16. The third-order valence-electron chi connectivity index (χ3n) is 4.48. The fraction of sp³-hybridized carbons (Fsp3) is 0.318. The van der Waals surface area contributed by atoms with Gasteiger partial charge in [0.05, 0.1) is 6.04 Å². The van der Waals surface area contributed by atoms with Gasteiger partial charge in [-0.25, -0.2) is 8.78 Å². The third kappa shape index (κ3) is 7.27. The van der Waals surface area contributed by atoms with Crippen molar-refractivity contribution in [3.63, 3.8) is 0 Å². The predicted molar refractivity (Wildman–Crippen MR) is 114 cm³/mol. The molecule has 0 saturated carbocycles. The summed E-state index contributed by atoms with van der Waals surface area (Å²) in [4.78, 5) is 27.0. The normalized spacial score (nSPS) is 12.3. The van der Waals surface area contributed by atoms with Crippen molar-refractivity contribution >= 4 is 17.5 Å². The van der Waals surface area contributed by atoms with Crippen LogP contribution in [0.1, 0.15) is 37.3 Å². The fourth-order valence-corrected chi connectivity index (χ4v) is 2.66. The minimum Gasteiger partial charge on any atom is -0.343 e. The Bertz CT molecular complexity index is 1040. The number of nitrogens with two attached hydrogens (primary N) is 2. The molecule has 6 N–H and O–H groups in total. The van der Waals surface area contributed by atoms with Gasteiger partial charge in [-0.05, 0) is 57.0 Å². The Hall–Kier alpha value is -3.49. The van der Waals surface area contributed by atoms with Crippen molar-refractivity contribution in [1.82, 2.24) is 10.3 Å². The second-order valence-electron chi connectivity index (χ2n) is 7.15. The molecule has 1 unspecified atom stereocenters. The van der Waals surface area contributed by atoms with E-state index in [1.54, 1.807) is 0 Å². The van der Waals surface area contributed by atoms with Gasteiger partial charge in [-0.3, -0.25) is 9.59 Å². The lowest BCUT2D eigenvalue weighted by Crippen LogP contribution is -2.49. The molecule has 176 valence electrons. The van der Waals surface area contributed by atoms with E-state index in [0.29, 0.717) is 31.5 Å². The zero-order valence-corrected chi connectivity index (χ0v) is 17.7. The summed E-state index contributed by atoms with van der Waals surface area (Å²) in [6.07, 6.45) is 1.66. The molecule has 11 heteroatoms. The van der Waals surface area contributed by atoms with Crippen LogP contribution in [0.15, 0.2) is 24.3 Å². The van der Waals surface area contributed by atoms with Crippen LogP contribution < -0.4 is 22.1 Å². The molecule has 0 fully saturated rings. The second-order valence-corrected chi connectivity index (χ2v) is 7.15. The number of rotatable bonds is 8. The zero-order chi connectivity index (χ0) is 24.5. The molecular weight excluding hydrogens is 442 g/mol. The molecule has 33 heavy (non-hydrogen) atoms. The number of hydrogen-bond donors (Lipinski definition) is 4. The van der Waals surface area contributed by atoms with E-state index in [2.05, 4.69) is 21.5 Å². The molecule has 0 spiro atoms. The first-order chi connectivity index (χ1) is 15.6. The molecule has 2 atom stereocenters. The molecule has 0 bridgehead atoms. The Labute approximate surface area is 187 Å². The van der Waals surface area contributed by atoms with Crippen molar-refractivity contribution in [2.24, 2.45) is 11.5 Å². The summed E-state index contributed by atoms with van der Waals surface area (Å²) in [6, 6.07) is 4.17. The van der Waals surface area contributed by atoms with Crippen LogP contribution in [0.4, 0.5) is 23.2 Å². The average Bonchev–Trinajstić information content (AvgIpc) is 2.78. The number of benzene rings is 1. The fourth-order valence-electron chi connectivity index (χ4n) is 2.66. The lowest BCUT2D eigenvalue weighted by Gasteiger charge is -2.19. The van der Waals surface area contributed by atoms with Gasteiger partial charge in [0, 0.05) is 11.3 Å². The van der Waals surface area contributed by atoms with Crippen LogP contribution in [0.25, 0.3) is 0 Å². The first-order valence-corrected chi connectivity index (χ1v) is 10.0. The Kier molecular flexibility index (Phi) is 9.32. The number of carbonyl (C=O) groups excluding carboxylic acids is 2. The van der Waals surface area contributed by atoms with E-state index in [1.165, 1.54) is 31.2 Å². The van der Waals surface area contributed by atoms with E-state index in [1.807, 2.05) is 5.92 Å². The molecule has 2 amide bonds. The first kappa shape index (κ1) is 25.8. The van der Waals surface area contributed by atoms with Crippen molar-refractivity contribution < 1.29 is 27.2 Å². The number of nitrogens with one attached hydrogen (secondary N) is 2. The first-order valence-electron chi connectivity index (χ1n) is 10.0. The summed E-state index contributed by atoms with van der Waals surface area (Å²) < 4.78 is 53.6. The monoisotopic (exact) mass is 465 g/mol. The standard InChI is InChI=1S/C22H23F4N5O2/c1-12(28)21(32)30-16(4-2-3-11-27)22(33)29-14-8-5-13(6-9-14)7-10-15-17(23)19(25)31-20(26)18(15)24/h5-6,8-9,12,16H,2-4,11,27-28H2,1H3,(H,29,33)(H,30,32)/t12-,16?/m0/s1. The quantitative estimate of drug-likeness (QED) is 0.205. The molecule has 0 aliphatic carbocycles. The van der Waals surface area contributed by atoms with E-state index in [0.717, 1.165) is 0 Å². The van der Waals surface area contributed by atoms with Crippen LogP contribution >= 0.6 is 0 Å². The van der Waals surface area contributed by atoms with Crippen molar-refractivity contribution in [2.75, 3.05) is 11.9 Å². The van der Waals surface area contributed by atoms with Crippen molar-refractivity contribution in [3.8, 4) is 11.8 Å². The third-order valence-corrected chi connectivity index (χ3v) is 4.48. The highest BCUT2D eigenvalue weighted by molar-refractivity contribution is 5.97. The maximum atomic E-state index is 13.6. The molecular formula is C22H23F4N5O2. The number of hydrogen-bond acceptors (Lipinski definition) is 5. The lowest BCUT2D eigenvalue weighted by molar-refractivity contribution is -0.127. The molecule has 0 aliphatic rings. The highest BCUT2D eigenvalue weighted by atomic mass is 19.2. The smallest absolute Gasteiger partial charge is 0.253 e. The van der Waals surface area contributed by atoms with E-state index >= 15 is 0 Å². The topological polar surface area (TPSA) is 123 Å². The van der Waals surface area contributed by atoms with E-state index in [9.17, 15) is 27.2 Å². The summed E-state index contributed by atoms with van der Waals surface area (Å²) in [6.45, 7) is 1.95. The van der Waals surface area contributed by atoms with Crippen LogP contribution in [0.5, 0.6) is 0 Å². The number of amides is 2. The summed E-state index contributed by atoms with van der Waals surface area (Å²) in [5.74, 6) is -3.50. The van der Waals surface area contributed by atoms with Crippen molar-refractivity contribution in [1.29, 1.82) is 0 Å². The molecule has 0 aliphatic heterocycles. The van der Waals surface area contributed by atoms with E-state index in [-0.39, 0.29) is 5.56 Å². The zero-order valence-electron chi connectivity index (χ0n) is 17.7.